The molecule has 0 aromatic rings. The van der Waals surface area contributed by atoms with E-state index in [2.05, 4.69) is 36.3 Å². The first-order valence-corrected chi connectivity index (χ1v) is 9.63. The summed E-state index contributed by atoms with van der Waals surface area (Å²) in [6.07, 6.45) is 1.95. The lowest BCUT2D eigenvalue weighted by atomic mass is 10.3. The molecule has 0 atom stereocenters. The summed E-state index contributed by atoms with van der Waals surface area (Å²) in [5.41, 5.74) is 0. The van der Waals surface area contributed by atoms with E-state index in [1.165, 1.54) is 37.6 Å². The van der Waals surface area contributed by atoms with Gasteiger partial charge in [0.1, 0.15) is 8.24 Å². The Morgan fingerprint density at radius 3 is 2.29 bits per heavy atom. The van der Waals surface area contributed by atoms with Gasteiger partial charge >= 0.3 is 0 Å². The van der Waals surface area contributed by atoms with Gasteiger partial charge < -0.3 is 4.57 Å². The predicted molar refractivity (Wildman–Crippen MR) is 75.2 cm³/mol. The molecule has 0 aromatic carbocycles. The first-order chi connectivity index (χ1) is 8.22. The monoisotopic (exact) mass is 253 g/mol. The fourth-order valence-corrected chi connectivity index (χ4v) is 7.04. The summed E-state index contributed by atoms with van der Waals surface area (Å²) >= 11 is 0. The minimum absolute atomic E-state index is 0.673. The van der Waals surface area contributed by atoms with Crippen molar-refractivity contribution in [1.29, 1.82) is 5.26 Å². The van der Waals surface area contributed by atoms with Gasteiger partial charge in [0.25, 0.3) is 0 Å². The summed E-state index contributed by atoms with van der Waals surface area (Å²) in [5, 5.41) is 8.68. The molecule has 0 bridgehead atoms. The summed E-state index contributed by atoms with van der Waals surface area (Å²) in [6.45, 7) is 11.6. The molecule has 0 amide bonds. The SMILES string of the molecule is CC[Si](CC)(CC)N1CCCN(CCC#N)C1. The molecule has 1 aliphatic heterocycles. The molecule has 17 heavy (non-hydrogen) atoms. The van der Waals surface area contributed by atoms with Crippen LogP contribution in [0.1, 0.15) is 33.6 Å². The maximum atomic E-state index is 8.68. The molecule has 4 heteroatoms. The van der Waals surface area contributed by atoms with Gasteiger partial charge in [-0.25, -0.2) is 0 Å². The fraction of sp³-hybridized carbons (Fsp3) is 0.923. The molecule has 0 aliphatic carbocycles. The second kappa shape index (κ2) is 7.15. The predicted octanol–water partition coefficient (Wildman–Crippen LogP) is 2.87. The van der Waals surface area contributed by atoms with Gasteiger partial charge in [-0.3, -0.25) is 4.90 Å². The first kappa shape index (κ1) is 14.7. The van der Waals surface area contributed by atoms with E-state index in [9.17, 15) is 0 Å². The third kappa shape index (κ3) is 3.54. The van der Waals surface area contributed by atoms with Crippen molar-refractivity contribution in [2.45, 2.75) is 51.7 Å². The van der Waals surface area contributed by atoms with Gasteiger partial charge in [0.2, 0.25) is 0 Å². The summed E-state index contributed by atoms with van der Waals surface area (Å²) in [7, 11) is -1.19. The Hall–Kier alpha value is -0.373. The van der Waals surface area contributed by atoms with Crippen LogP contribution in [0.3, 0.4) is 0 Å². The highest BCUT2D eigenvalue weighted by atomic mass is 28.3. The number of hydrogen-bond donors (Lipinski definition) is 0. The molecule has 3 nitrogen and oxygen atoms in total. The normalized spacial score (nSPS) is 19.2. The van der Waals surface area contributed by atoms with Crippen molar-refractivity contribution < 1.29 is 0 Å². The second-order valence-electron chi connectivity index (χ2n) is 5.07. The van der Waals surface area contributed by atoms with Crippen molar-refractivity contribution in [3.8, 4) is 6.07 Å². The molecule has 0 radical (unpaired) electrons. The number of rotatable bonds is 6. The lowest BCUT2D eigenvalue weighted by Crippen LogP contribution is -2.59. The third-order valence-electron chi connectivity index (χ3n) is 4.46. The molecule has 0 N–H and O–H groups in total. The molecular weight excluding hydrogens is 226 g/mol. The molecular formula is C13H27N3Si. The first-order valence-electron chi connectivity index (χ1n) is 7.06. The Morgan fingerprint density at radius 1 is 1.12 bits per heavy atom. The van der Waals surface area contributed by atoms with Crippen molar-refractivity contribution in [2.24, 2.45) is 0 Å². The van der Waals surface area contributed by atoms with Crippen LogP contribution >= 0.6 is 0 Å². The zero-order valence-electron chi connectivity index (χ0n) is 11.7. The van der Waals surface area contributed by atoms with Gasteiger partial charge in [-0.15, -0.1) is 0 Å². The zero-order valence-corrected chi connectivity index (χ0v) is 12.7. The van der Waals surface area contributed by atoms with Gasteiger partial charge in [-0.1, -0.05) is 20.8 Å². The summed E-state index contributed by atoms with van der Waals surface area (Å²) in [6, 6.07) is 6.36. The molecule has 1 saturated heterocycles. The Labute approximate surface area is 107 Å². The number of hydrogen-bond acceptors (Lipinski definition) is 3. The Morgan fingerprint density at radius 2 is 1.76 bits per heavy atom. The van der Waals surface area contributed by atoms with Crippen LogP contribution in [0.25, 0.3) is 0 Å². The van der Waals surface area contributed by atoms with Crippen LogP contribution in [0.2, 0.25) is 18.1 Å². The van der Waals surface area contributed by atoms with Gasteiger partial charge in [-0.05, 0) is 31.1 Å². The van der Waals surface area contributed by atoms with E-state index in [1.807, 2.05) is 0 Å². The average molecular weight is 253 g/mol. The Bertz CT molecular complexity index is 250. The summed E-state index contributed by atoms with van der Waals surface area (Å²) in [5.74, 6) is 0. The molecule has 0 spiro atoms. The fourth-order valence-electron chi connectivity index (χ4n) is 3.07. The van der Waals surface area contributed by atoms with Crippen LogP contribution in [0, 0.1) is 11.3 Å². The largest absolute Gasteiger partial charge is 0.311 e. The van der Waals surface area contributed by atoms with E-state index in [4.69, 9.17) is 5.26 Å². The zero-order chi connectivity index (χ0) is 12.7. The van der Waals surface area contributed by atoms with Crippen LogP contribution < -0.4 is 0 Å². The highest BCUT2D eigenvalue weighted by molar-refractivity contribution is 6.77. The van der Waals surface area contributed by atoms with Gasteiger partial charge in [0.15, 0.2) is 0 Å². The van der Waals surface area contributed by atoms with Crippen molar-refractivity contribution in [1.82, 2.24) is 9.47 Å². The lowest BCUT2D eigenvalue weighted by Gasteiger charge is -2.46. The van der Waals surface area contributed by atoms with Crippen LogP contribution in [0.15, 0.2) is 0 Å². The Balaban J connectivity index is 2.61. The third-order valence-corrected chi connectivity index (χ3v) is 10.1. The minimum Gasteiger partial charge on any atom is -0.311 e. The second-order valence-corrected chi connectivity index (χ2v) is 10.3. The molecule has 1 rings (SSSR count). The van der Waals surface area contributed by atoms with Crippen LogP contribution in [0.5, 0.6) is 0 Å². The van der Waals surface area contributed by atoms with Crippen LogP contribution in [0.4, 0.5) is 0 Å². The topological polar surface area (TPSA) is 30.3 Å². The van der Waals surface area contributed by atoms with E-state index >= 15 is 0 Å². The average Bonchev–Trinajstić information content (AvgIpc) is 2.40. The van der Waals surface area contributed by atoms with E-state index < -0.39 is 8.24 Å². The van der Waals surface area contributed by atoms with Crippen LogP contribution in [-0.2, 0) is 0 Å². The minimum atomic E-state index is -1.19. The van der Waals surface area contributed by atoms with Crippen LogP contribution in [-0.4, -0.2) is 44.0 Å². The van der Waals surface area contributed by atoms with E-state index in [-0.39, 0.29) is 0 Å². The van der Waals surface area contributed by atoms with Crippen molar-refractivity contribution in [3.63, 3.8) is 0 Å². The quantitative estimate of drug-likeness (QED) is 0.682. The summed E-state index contributed by atoms with van der Waals surface area (Å²) < 4.78 is 2.79. The molecule has 1 fully saturated rings. The molecule has 0 aromatic heterocycles. The number of nitriles is 1. The van der Waals surface area contributed by atoms with Crippen molar-refractivity contribution in [3.05, 3.63) is 0 Å². The maximum absolute atomic E-state index is 8.68. The maximum Gasteiger partial charge on any atom is 0.128 e. The molecule has 0 unspecified atom stereocenters. The van der Waals surface area contributed by atoms with Crippen molar-refractivity contribution >= 4 is 8.24 Å². The molecule has 1 aliphatic rings. The highest BCUT2D eigenvalue weighted by Crippen LogP contribution is 2.27. The smallest absolute Gasteiger partial charge is 0.128 e. The standard InChI is InChI=1S/C13H27N3Si/c1-4-17(5-2,6-3)16-12-8-11-15(13-16)10-7-9-14/h4-8,10-13H2,1-3H3. The molecule has 98 valence electrons. The lowest BCUT2D eigenvalue weighted by molar-refractivity contribution is 0.141. The van der Waals surface area contributed by atoms with Gasteiger partial charge in [0, 0.05) is 26.2 Å². The molecule has 0 saturated carbocycles. The Kier molecular flexibility index (Phi) is 6.18. The van der Waals surface area contributed by atoms with E-state index in [0.717, 1.165) is 13.2 Å². The molecule has 1 heterocycles. The van der Waals surface area contributed by atoms with Gasteiger partial charge in [-0.2, -0.15) is 5.26 Å². The summed E-state index contributed by atoms with van der Waals surface area (Å²) in [4.78, 5) is 2.47. The van der Waals surface area contributed by atoms with E-state index in [0.29, 0.717) is 6.42 Å². The van der Waals surface area contributed by atoms with Crippen molar-refractivity contribution in [2.75, 3.05) is 26.3 Å². The highest BCUT2D eigenvalue weighted by Gasteiger charge is 2.36. The van der Waals surface area contributed by atoms with E-state index in [1.54, 1.807) is 0 Å². The van der Waals surface area contributed by atoms with Gasteiger partial charge in [0.05, 0.1) is 6.07 Å². The number of nitrogens with zero attached hydrogens (tertiary/aromatic N) is 3.